The molecule has 2 rings (SSSR count). The van der Waals surface area contributed by atoms with Crippen molar-refractivity contribution in [1.82, 2.24) is 0 Å². The van der Waals surface area contributed by atoms with Crippen molar-refractivity contribution in [3.8, 4) is 0 Å². The van der Waals surface area contributed by atoms with Gasteiger partial charge in [0.15, 0.2) is 0 Å². The summed E-state index contributed by atoms with van der Waals surface area (Å²) in [6, 6.07) is 10.0. The largest absolute Gasteiger partial charge is 0.272 e. The third-order valence-electron chi connectivity index (χ3n) is 3.84. The van der Waals surface area contributed by atoms with Crippen LogP contribution in [0.4, 0.5) is 0 Å². The van der Waals surface area contributed by atoms with Gasteiger partial charge in [-0.3, -0.25) is 4.79 Å². The summed E-state index contributed by atoms with van der Waals surface area (Å²) in [7, 11) is 0. The summed E-state index contributed by atoms with van der Waals surface area (Å²) in [6.45, 7) is 3.67. The van der Waals surface area contributed by atoms with E-state index in [0.717, 1.165) is 31.2 Å². The van der Waals surface area contributed by atoms with Crippen LogP contribution in [0.25, 0.3) is 6.08 Å². The monoisotopic (exact) mass is 293 g/mol. The zero-order valence-corrected chi connectivity index (χ0v) is 12.9. The minimum atomic E-state index is 0.0149. The highest BCUT2D eigenvalue weighted by molar-refractivity contribution is 6.11. The van der Waals surface area contributed by atoms with Crippen LogP contribution in [0.1, 0.15) is 37.7 Å². The number of hydrogen-bond donors (Lipinski definition) is 0. The molecule has 2 nitrogen and oxygen atoms in total. The van der Waals surface area contributed by atoms with Gasteiger partial charge in [-0.1, -0.05) is 74.4 Å². The third kappa shape index (κ3) is 5.28. The first kappa shape index (κ1) is 16.2. The lowest BCUT2D eigenvalue weighted by Crippen LogP contribution is -2.16. The number of rotatable bonds is 5. The molecule has 1 aromatic rings. The van der Waals surface area contributed by atoms with E-state index in [1.54, 1.807) is 6.08 Å². The molecule has 2 heteroatoms. The Kier molecular flexibility index (Phi) is 6.56. The van der Waals surface area contributed by atoms with Gasteiger partial charge in [0.2, 0.25) is 5.91 Å². The first-order valence-electron chi connectivity index (χ1n) is 7.94. The van der Waals surface area contributed by atoms with Crippen molar-refractivity contribution in [2.24, 2.45) is 10.9 Å². The lowest BCUT2D eigenvalue weighted by Gasteiger charge is -2.18. The second kappa shape index (κ2) is 8.93. The van der Waals surface area contributed by atoms with Gasteiger partial charge < -0.3 is 0 Å². The molecular weight excluding hydrogens is 270 g/mol. The van der Waals surface area contributed by atoms with Crippen LogP contribution < -0.4 is 0 Å². The average molecular weight is 293 g/mol. The topological polar surface area (TPSA) is 29.4 Å². The molecule has 1 aliphatic carbocycles. The molecular formula is C20H23NO. The first-order valence-corrected chi connectivity index (χ1v) is 7.94. The second-order valence-corrected chi connectivity index (χ2v) is 5.55. The summed E-state index contributed by atoms with van der Waals surface area (Å²) in [4.78, 5) is 16.6. The summed E-state index contributed by atoms with van der Waals surface area (Å²) in [6.07, 6.45) is 14.7. The number of aliphatic imine (C=N–C) groups is 1. The zero-order chi connectivity index (χ0) is 15.6. The van der Waals surface area contributed by atoms with E-state index in [0.29, 0.717) is 5.71 Å². The van der Waals surface area contributed by atoms with Crippen molar-refractivity contribution in [1.29, 1.82) is 0 Å². The molecule has 0 atom stereocenters. The van der Waals surface area contributed by atoms with Gasteiger partial charge >= 0.3 is 0 Å². The van der Waals surface area contributed by atoms with Crippen molar-refractivity contribution in [3.63, 3.8) is 0 Å². The molecule has 1 amide bonds. The van der Waals surface area contributed by atoms with Gasteiger partial charge in [0.05, 0.1) is 5.71 Å². The van der Waals surface area contributed by atoms with Crippen LogP contribution in [0, 0.1) is 5.92 Å². The Balaban J connectivity index is 2.12. The van der Waals surface area contributed by atoms with Gasteiger partial charge in [-0.05, 0) is 30.6 Å². The number of nitrogens with zero attached hydrogens (tertiary/aromatic N) is 1. The molecule has 1 saturated carbocycles. The molecule has 1 aromatic carbocycles. The summed E-state index contributed by atoms with van der Waals surface area (Å²) in [5.41, 5.74) is 1.77. The Bertz CT molecular complexity index is 575. The van der Waals surface area contributed by atoms with Crippen molar-refractivity contribution < 1.29 is 4.79 Å². The molecule has 0 N–H and O–H groups in total. The Morgan fingerprint density at radius 1 is 1.09 bits per heavy atom. The van der Waals surface area contributed by atoms with Gasteiger partial charge in [0.25, 0.3) is 0 Å². The van der Waals surface area contributed by atoms with Gasteiger partial charge in [-0.25, -0.2) is 4.99 Å². The minimum Gasteiger partial charge on any atom is -0.272 e. The Labute approximate surface area is 133 Å². The lowest BCUT2D eigenvalue weighted by molar-refractivity contribution is -0.122. The van der Waals surface area contributed by atoms with Crippen molar-refractivity contribution in [2.75, 3.05) is 0 Å². The van der Waals surface area contributed by atoms with E-state index in [1.807, 2.05) is 54.6 Å². The number of amides is 1. The summed E-state index contributed by atoms with van der Waals surface area (Å²) in [5.74, 6) is 0.118. The van der Waals surface area contributed by atoms with Crippen molar-refractivity contribution >= 4 is 17.7 Å². The number of hydrogen-bond acceptors (Lipinski definition) is 1. The van der Waals surface area contributed by atoms with E-state index >= 15 is 0 Å². The first-order chi connectivity index (χ1) is 10.8. The molecule has 0 radical (unpaired) electrons. The van der Waals surface area contributed by atoms with E-state index in [-0.39, 0.29) is 11.8 Å². The highest BCUT2D eigenvalue weighted by atomic mass is 16.1. The summed E-state index contributed by atoms with van der Waals surface area (Å²) in [5, 5.41) is 0. The summed E-state index contributed by atoms with van der Waals surface area (Å²) < 4.78 is 0. The van der Waals surface area contributed by atoms with Crippen molar-refractivity contribution in [2.45, 2.75) is 32.1 Å². The quantitative estimate of drug-likeness (QED) is 0.555. The molecule has 1 fully saturated rings. The molecule has 0 bridgehead atoms. The Hall–Kier alpha value is -2.22. The second-order valence-electron chi connectivity index (χ2n) is 5.55. The Morgan fingerprint density at radius 2 is 1.82 bits per heavy atom. The lowest BCUT2D eigenvalue weighted by atomic mass is 9.89. The van der Waals surface area contributed by atoms with E-state index < -0.39 is 0 Å². The maximum Gasteiger partial charge on any atom is 0.249 e. The van der Waals surface area contributed by atoms with Gasteiger partial charge in [0, 0.05) is 5.92 Å². The van der Waals surface area contributed by atoms with Crippen LogP contribution in [0.2, 0.25) is 0 Å². The highest BCUT2D eigenvalue weighted by Gasteiger charge is 2.20. The van der Waals surface area contributed by atoms with Crippen LogP contribution in [-0.2, 0) is 4.79 Å². The number of allylic oxidation sites excluding steroid dienone is 4. The molecule has 0 unspecified atom stereocenters. The van der Waals surface area contributed by atoms with Crippen LogP contribution in [-0.4, -0.2) is 11.6 Å². The van der Waals surface area contributed by atoms with E-state index in [1.165, 1.54) is 6.42 Å². The van der Waals surface area contributed by atoms with Crippen LogP contribution in [0.15, 0.2) is 66.2 Å². The summed E-state index contributed by atoms with van der Waals surface area (Å²) >= 11 is 0. The van der Waals surface area contributed by atoms with Crippen LogP contribution in [0.3, 0.4) is 0 Å². The molecule has 0 saturated heterocycles. The van der Waals surface area contributed by atoms with Crippen molar-refractivity contribution in [3.05, 3.63) is 66.8 Å². The average Bonchev–Trinajstić information content (AvgIpc) is 2.59. The van der Waals surface area contributed by atoms with Gasteiger partial charge in [-0.2, -0.15) is 0 Å². The minimum absolute atomic E-state index is 0.0149. The number of benzene rings is 1. The van der Waals surface area contributed by atoms with Crippen LogP contribution in [0.5, 0.6) is 0 Å². The standard InChI is InChI=1S/C20H23NO/c1-2-3-14-19(16-15-17-10-6-4-7-11-17)21-20(22)18-12-8-5-9-13-18/h2-4,6-7,10-11,14-16,18H,1,5,8-9,12-13H2/b14-3-,16-15+,21-19?. The molecule has 114 valence electrons. The fourth-order valence-electron chi connectivity index (χ4n) is 2.61. The molecule has 0 spiro atoms. The molecule has 0 aliphatic heterocycles. The number of carbonyl (C=O) groups excluding carboxylic acids is 1. The zero-order valence-electron chi connectivity index (χ0n) is 12.9. The highest BCUT2D eigenvalue weighted by Crippen LogP contribution is 2.24. The van der Waals surface area contributed by atoms with E-state index in [9.17, 15) is 4.79 Å². The molecule has 1 aliphatic rings. The van der Waals surface area contributed by atoms with E-state index in [2.05, 4.69) is 11.6 Å². The smallest absolute Gasteiger partial charge is 0.249 e. The maximum atomic E-state index is 12.3. The molecule has 22 heavy (non-hydrogen) atoms. The molecule has 0 aromatic heterocycles. The SMILES string of the molecule is C=C/C=C\C(/C=C/c1ccccc1)=NC(=O)C1CCCCC1. The predicted octanol–water partition coefficient (Wildman–Crippen LogP) is 4.99. The van der Waals surface area contributed by atoms with Gasteiger partial charge in [0.1, 0.15) is 0 Å². The van der Waals surface area contributed by atoms with Gasteiger partial charge in [-0.15, -0.1) is 0 Å². The van der Waals surface area contributed by atoms with Crippen LogP contribution >= 0.6 is 0 Å². The Morgan fingerprint density at radius 3 is 2.50 bits per heavy atom. The predicted molar refractivity (Wildman–Crippen MR) is 93.8 cm³/mol. The van der Waals surface area contributed by atoms with E-state index in [4.69, 9.17) is 0 Å². The number of carbonyl (C=O) groups is 1. The third-order valence-corrected chi connectivity index (χ3v) is 3.84. The maximum absolute atomic E-state index is 12.3. The fraction of sp³-hybridized carbons (Fsp3) is 0.300. The molecule has 0 heterocycles. The fourth-order valence-corrected chi connectivity index (χ4v) is 2.61. The normalized spacial score (nSPS) is 17.2.